The average Bonchev–Trinajstić information content (AvgIpc) is 2.39. The Hall–Kier alpha value is -1.13. The number of hydrogen-bond acceptors (Lipinski definition) is 1. The van der Waals surface area contributed by atoms with E-state index in [-0.39, 0.29) is 18.3 Å². The standard InChI is InChI=1S/C14H10BrClF2O/c15-11-1-2-14(18)10(5-11)8-19-13-4-9(7-16)3-12(17)6-13/h1-6H,7-8H2. The molecule has 0 aliphatic heterocycles. The van der Waals surface area contributed by atoms with E-state index in [1.807, 2.05) is 0 Å². The van der Waals surface area contributed by atoms with Crippen LogP contribution in [0.5, 0.6) is 5.75 Å². The van der Waals surface area contributed by atoms with Gasteiger partial charge in [0.15, 0.2) is 0 Å². The van der Waals surface area contributed by atoms with Crippen LogP contribution < -0.4 is 4.74 Å². The molecule has 0 saturated heterocycles. The lowest BCUT2D eigenvalue weighted by molar-refractivity contribution is 0.298. The number of hydrogen-bond donors (Lipinski definition) is 0. The van der Waals surface area contributed by atoms with Gasteiger partial charge in [-0.3, -0.25) is 0 Å². The van der Waals surface area contributed by atoms with Crippen molar-refractivity contribution in [2.24, 2.45) is 0 Å². The highest BCUT2D eigenvalue weighted by Crippen LogP contribution is 2.21. The Balaban J connectivity index is 2.14. The second kappa shape index (κ2) is 6.35. The fraction of sp³-hybridized carbons (Fsp3) is 0.143. The predicted molar refractivity (Wildman–Crippen MR) is 74.4 cm³/mol. The summed E-state index contributed by atoms with van der Waals surface area (Å²) >= 11 is 8.90. The van der Waals surface area contributed by atoms with Crippen molar-refractivity contribution >= 4 is 27.5 Å². The fourth-order valence-electron chi connectivity index (χ4n) is 1.60. The van der Waals surface area contributed by atoms with Gasteiger partial charge in [-0.15, -0.1) is 11.6 Å². The first-order valence-corrected chi connectivity index (χ1v) is 6.83. The van der Waals surface area contributed by atoms with Crippen LogP contribution in [0.1, 0.15) is 11.1 Å². The SMILES string of the molecule is Fc1cc(CCl)cc(OCc2cc(Br)ccc2F)c1. The third-order valence-electron chi connectivity index (χ3n) is 2.49. The molecular formula is C14H10BrClF2O. The van der Waals surface area contributed by atoms with Gasteiger partial charge in [0.25, 0.3) is 0 Å². The van der Waals surface area contributed by atoms with Gasteiger partial charge >= 0.3 is 0 Å². The van der Waals surface area contributed by atoms with Crippen molar-refractivity contribution in [3.63, 3.8) is 0 Å². The van der Waals surface area contributed by atoms with Crippen LogP contribution in [0.2, 0.25) is 0 Å². The minimum atomic E-state index is -0.428. The van der Waals surface area contributed by atoms with Gasteiger partial charge in [-0.05, 0) is 35.9 Å². The van der Waals surface area contributed by atoms with Crippen molar-refractivity contribution in [3.05, 3.63) is 63.6 Å². The minimum Gasteiger partial charge on any atom is -0.489 e. The summed E-state index contributed by atoms with van der Waals surface area (Å²) in [5.74, 6) is -0.269. The molecule has 0 atom stereocenters. The third kappa shape index (κ3) is 3.91. The number of rotatable bonds is 4. The van der Waals surface area contributed by atoms with Crippen LogP contribution in [0.4, 0.5) is 8.78 Å². The minimum absolute atomic E-state index is 0.0243. The quantitative estimate of drug-likeness (QED) is 0.704. The van der Waals surface area contributed by atoms with Gasteiger partial charge in [0, 0.05) is 22.0 Å². The molecule has 5 heteroatoms. The summed E-state index contributed by atoms with van der Waals surface area (Å²) < 4.78 is 32.9. The lowest BCUT2D eigenvalue weighted by atomic mass is 10.2. The van der Waals surface area contributed by atoms with Crippen molar-refractivity contribution in [2.75, 3.05) is 0 Å². The summed E-state index contributed by atoms with van der Waals surface area (Å²) in [5, 5.41) is 0. The molecule has 0 saturated carbocycles. The van der Waals surface area contributed by atoms with E-state index in [1.165, 1.54) is 18.2 Å². The summed E-state index contributed by atoms with van der Waals surface area (Å²) in [7, 11) is 0. The van der Waals surface area contributed by atoms with Crippen LogP contribution in [0.25, 0.3) is 0 Å². The van der Waals surface area contributed by atoms with E-state index >= 15 is 0 Å². The second-order valence-electron chi connectivity index (χ2n) is 3.95. The van der Waals surface area contributed by atoms with Gasteiger partial charge in [-0.2, -0.15) is 0 Å². The van der Waals surface area contributed by atoms with E-state index in [9.17, 15) is 8.78 Å². The molecule has 2 aromatic rings. The molecule has 0 fully saturated rings. The maximum absolute atomic E-state index is 13.5. The van der Waals surface area contributed by atoms with Crippen LogP contribution in [0, 0.1) is 11.6 Å². The van der Waals surface area contributed by atoms with Crippen LogP contribution >= 0.6 is 27.5 Å². The highest BCUT2D eigenvalue weighted by atomic mass is 79.9. The predicted octanol–water partition coefficient (Wildman–Crippen LogP) is 5.05. The number of ether oxygens (including phenoxy) is 1. The van der Waals surface area contributed by atoms with Gasteiger partial charge in [0.05, 0.1) is 0 Å². The van der Waals surface area contributed by atoms with Crippen LogP contribution in [-0.4, -0.2) is 0 Å². The number of alkyl halides is 1. The van der Waals surface area contributed by atoms with E-state index < -0.39 is 5.82 Å². The molecule has 19 heavy (non-hydrogen) atoms. The van der Waals surface area contributed by atoms with Crippen molar-refractivity contribution in [1.82, 2.24) is 0 Å². The largest absolute Gasteiger partial charge is 0.489 e. The zero-order chi connectivity index (χ0) is 13.8. The Labute approximate surface area is 123 Å². The molecule has 0 aromatic heterocycles. The Morgan fingerprint density at radius 3 is 2.63 bits per heavy atom. The molecule has 0 amide bonds. The summed E-state index contributed by atoms with van der Waals surface area (Å²) in [6, 6.07) is 8.78. The van der Waals surface area contributed by atoms with Gasteiger partial charge < -0.3 is 4.74 Å². The topological polar surface area (TPSA) is 9.23 Å². The average molecular weight is 348 g/mol. The Kier molecular flexibility index (Phi) is 4.77. The number of halogens is 4. The van der Waals surface area contributed by atoms with Gasteiger partial charge in [-0.25, -0.2) is 8.78 Å². The van der Waals surface area contributed by atoms with Crippen molar-refractivity contribution in [1.29, 1.82) is 0 Å². The van der Waals surface area contributed by atoms with Crippen LogP contribution in [0.3, 0.4) is 0 Å². The van der Waals surface area contributed by atoms with Crippen molar-refractivity contribution in [3.8, 4) is 5.75 Å². The van der Waals surface area contributed by atoms with E-state index in [0.29, 0.717) is 16.9 Å². The summed E-state index contributed by atoms with van der Waals surface area (Å²) in [4.78, 5) is 0. The molecule has 0 spiro atoms. The van der Waals surface area contributed by atoms with Gasteiger partial charge in [-0.1, -0.05) is 15.9 Å². The van der Waals surface area contributed by atoms with Gasteiger partial charge in [0.2, 0.25) is 0 Å². The molecule has 0 N–H and O–H groups in total. The summed E-state index contributed by atoms with van der Waals surface area (Å²) in [6.45, 7) is 0.0243. The highest BCUT2D eigenvalue weighted by molar-refractivity contribution is 9.10. The zero-order valence-corrected chi connectivity index (χ0v) is 12.1. The molecule has 1 nitrogen and oxygen atoms in total. The molecule has 100 valence electrons. The van der Waals surface area contributed by atoms with Crippen LogP contribution in [-0.2, 0) is 12.5 Å². The molecule has 2 aromatic carbocycles. The molecule has 2 rings (SSSR count). The smallest absolute Gasteiger partial charge is 0.129 e. The van der Waals surface area contributed by atoms with E-state index in [4.69, 9.17) is 16.3 Å². The highest BCUT2D eigenvalue weighted by Gasteiger charge is 2.06. The third-order valence-corrected chi connectivity index (χ3v) is 3.29. The lowest BCUT2D eigenvalue weighted by Crippen LogP contribution is -1.99. The monoisotopic (exact) mass is 346 g/mol. The maximum Gasteiger partial charge on any atom is 0.129 e. The first-order chi connectivity index (χ1) is 9.08. The Bertz CT molecular complexity index is 590. The Morgan fingerprint density at radius 2 is 1.89 bits per heavy atom. The molecule has 0 bridgehead atoms. The van der Waals surface area contributed by atoms with Crippen molar-refractivity contribution in [2.45, 2.75) is 12.5 Å². The van der Waals surface area contributed by atoms with E-state index in [0.717, 1.165) is 4.47 Å². The Morgan fingerprint density at radius 1 is 1.11 bits per heavy atom. The fourth-order valence-corrected chi connectivity index (χ4v) is 2.16. The lowest BCUT2D eigenvalue weighted by Gasteiger charge is -2.09. The maximum atomic E-state index is 13.5. The molecule has 0 aliphatic carbocycles. The molecule has 0 radical (unpaired) electrons. The van der Waals surface area contributed by atoms with Crippen molar-refractivity contribution < 1.29 is 13.5 Å². The molecule has 0 unspecified atom stereocenters. The normalized spacial score (nSPS) is 10.5. The summed E-state index contributed by atoms with van der Waals surface area (Å²) in [6.07, 6.45) is 0. The first kappa shape index (κ1) is 14.3. The van der Waals surface area contributed by atoms with Crippen LogP contribution in [0.15, 0.2) is 40.9 Å². The molecular weight excluding hydrogens is 338 g/mol. The molecule has 0 heterocycles. The zero-order valence-electron chi connectivity index (χ0n) is 9.80. The van der Waals surface area contributed by atoms with Gasteiger partial charge in [0.1, 0.15) is 24.0 Å². The summed E-state index contributed by atoms with van der Waals surface area (Å²) in [5.41, 5.74) is 1.01. The van der Waals surface area contributed by atoms with E-state index in [1.54, 1.807) is 18.2 Å². The number of benzene rings is 2. The second-order valence-corrected chi connectivity index (χ2v) is 5.14. The molecule has 0 aliphatic rings. The van der Waals surface area contributed by atoms with E-state index in [2.05, 4.69) is 15.9 Å². The first-order valence-electron chi connectivity index (χ1n) is 5.50.